The van der Waals surface area contributed by atoms with Crippen molar-refractivity contribution >= 4 is 46.3 Å². The van der Waals surface area contributed by atoms with E-state index in [0.29, 0.717) is 0 Å². The molecule has 0 saturated heterocycles. The molecule has 0 amide bonds. The summed E-state index contributed by atoms with van der Waals surface area (Å²) in [5, 5.41) is 3.50. The van der Waals surface area contributed by atoms with Crippen LogP contribution in [-0.4, -0.2) is 14.0 Å². The molecule has 0 fully saturated rings. The second kappa shape index (κ2) is 4.36. The molecule has 1 aliphatic rings. The highest BCUT2D eigenvalue weighted by atomic mass is 79.9. The van der Waals surface area contributed by atoms with E-state index in [-0.39, 0.29) is 6.17 Å². The van der Waals surface area contributed by atoms with Gasteiger partial charge in [0, 0.05) is 10.2 Å². The summed E-state index contributed by atoms with van der Waals surface area (Å²) < 4.78 is 1.10. The van der Waals surface area contributed by atoms with E-state index in [2.05, 4.69) is 83.4 Å². The largest absolute Gasteiger partial charge is 0.363 e. The molecule has 0 spiro atoms. The Hall–Kier alpha value is -1.42. The molecule has 2 aromatic rings. The van der Waals surface area contributed by atoms with Gasteiger partial charge in [0.1, 0.15) is 14.0 Å². The fraction of sp³-hybridized carbons (Fsp3) is 0.143. The van der Waals surface area contributed by atoms with Gasteiger partial charge in [-0.25, -0.2) is 0 Å². The van der Waals surface area contributed by atoms with Gasteiger partial charge in [-0.2, -0.15) is 0 Å². The zero-order valence-electron chi connectivity index (χ0n) is 10.4. The SMILES string of the molecule is Bc1ccc(N2c3ccc(Br)cc3NC2C)cc1. The lowest BCUT2D eigenvalue weighted by atomic mass is 9.96. The van der Waals surface area contributed by atoms with E-state index in [1.165, 1.54) is 22.5 Å². The van der Waals surface area contributed by atoms with Gasteiger partial charge in [-0.15, -0.1) is 0 Å². The van der Waals surface area contributed by atoms with Gasteiger partial charge >= 0.3 is 0 Å². The summed E-state index contributed by atoms with van der Waals surface area (Å²) in [7, 11) is 2.11. The molecule has 0 saturated carbocycles. The van der Waals surface area contributed by atoms with Gasteiger partial charge in [0.05, 0.1) is 11.4 Å². The second-order valence-corrected chi connectivity index (χ2v) is 5.60. The molecular formula is C14H14BBrN2. The fourth-order valence-corrected chi connectivity index (χ4v) is 2.76. The second-order valence-electron chi connectivity index (χ2n) is 4.69. The van der Waals surface area contributed by atoms with Crippen LogP contribution in [-0.2, 0) is 0 Å². The quantitative estimate of drug-likeness (QED) is 0.815. The van der Waals surface area contributed by atoms with Crippen molar-refractivity contribution in [3.8, 4) is 0 Å². The zero-order chi connectivity index (χ0) is 12.7. The summed E-state index contributed by atoms with van der Waals surface area (Å²) in [6, 6.07) is 15.0. The molecule has 2 nitrogen and oxygen atoms in total. The molecule has 1 atom stereocenters. The number of hydrogen-bond acceptors (Lipinski definition) is 2. The Labute approximate surface area is 117 Å². The molecule has 2 aromatic carbocycles. The van der Waals surface area contributed by atoms with Crippen LogP contribution in [0.2, 0.25) is 0 Å². The van der Waals surface area contributed by atoms with Crippen LogP contribution in [0.15, 0.2) is 46.9 Å². The predicted molar refractivity (Wildman–Crippen MR) is 84.0 cm³/mol. The van der Waals surface area contributed by atoms with Crippen molar-refractivity contribution in [3.05, 3.63) is 46.9 Å². The number of fused-ring (bicyclic) bond motifs is 1. The molecule has 90 valence electrons. The van der Waals surface area contributed by atoms with Gasteiger partial charge in [0.15, 0.2) is 0 Å². The van der Waals surface area contributed by atoms with Crippen molar-refractivity contribution in [2.45, 2.75) is 13.1 Å². The first kappa shape index (κ1) is 11.7. The molecule has 1 aliphatic heterocycles. The van der Waals surface area contributed by atoms with Crippen LogP contribution in [0.25, 0.3) is 0 Å². The Kier molecular flexibility index (Phi) is 2.82. The van der Waals surface area contributed by atoms with Crippen LogP contribution in [0.4, 0.5) is 17.1 Å². The zero-order valence-corrected chi connectivity index (χ0v) is 12.0. The Morgan fingerprint density at radius 1 is 1.17 bits per heavy atom. The smallest absolute Gasteiger partial charge is 0.139 e. The van der Waals surface area contributed by atoms with E-state index in [4.69, 9.17) is 0 Å². The summed E-state index contributed by atoms with van der Waals surface area (Å²) in [5.41, 5.74) is 4.92. The number of nitrogens with zero attached hydrogens (tertiary/aromatic N) is 1. The Morgan fingerprint density at radius 2 is 1.89 bits per heavy atom. The van der Waals surface area contributed by atoms with Crippen molar-refractivity contribution < 1.29 is 0 Å². The van der Waals surface area contributed by atoms with E-state index >= 15 is 0 Å². The van der Waals surface area contributed by atoms with Crippen molar-refractivity contribution in [2.75, 3.05) is 10.2 Å². The molecule has 0 aromatic heterocycles. The molecule has 18 heavy (non-hydrogen) atoms. The number of nitrogens with one attached hydrogen (secondary N) is 1. The van der Waals surface area contributed by atoms with Crippen molar-refractivity contribution in [1.29, 1.82) is 0 Å². The minimum Gasteiger partial charge on any atom is -0.363 e. The number of halogens is 1. The molecule has 1 unspecified atom stereocenters. The van der Waals surface area contributed by atoms with Crippen LogP contribution in [0.3, 0.4) is 0 Å². The van der Waals surface area contributed by atoms with Crippen LogP contribution >= 0.6 is 15.9 Å². The molecule has 1 N–H and O–H groups in total. The summed E-state index contributed by atoms with van der Waals surface area (Å²) in [6.45, 7) is 2.17. The summed E-state index contributed by atoms with van der Waals surface area (Å²) in [6.07, 6.45) is 0.275. The monoisotopic (exact) mass is 300 g/mol. The Bertz CT molecular complexity index is 583. The fourth-order valence-electron chi connectivity index (χ4n) is 2.40. The maximum absolute atomic E-state index is 3.51. The van der Waals surface area contributed by atoms with Crippen LogP contribution in [0.1, 0.15) is 6.92 Å². The first-order chi connectivity index (χ1) is 8.65. The lowest BCUT2D eigenvalue weighted by Crippen LogP contribution is -2.28. The molecule has 1 heterocycles. The summed E-state index contributed by atoms with van der Waals surface area (Å²) in [5.74, 6) is 0. The van der Waals surface area contributed by atoms with E-state index in [1.807, 2.05) is 0 Å². The van der Waals surface area contributed by atoms with Crippen LogP contribution in [0.5, 0.6) is 0 Å². The minimum atomic E-state index is 0.275. The molecule has 4 heteroatoms. The molecular weight excluding hydrogens is 287 g/mol. The highest BCUT2D eigenvalue weighted by Crippen LogP contribution is 2.40. The molecule has 0 aliphatic carbocycles. The topological polar surface area (TPSA) is 15.3 Å². The Balaban J connectivity index is 2.06. The van der Waals surface area contributed by atoms with Crippen molar-refractivity contribution in [3.63, 3.8) is 0 Å². The molecule has 0 bridgehead atoms. The van der Waals surface area contributed by atoms with Gasteiger partial charge in [0.25, 0.3) is 0 Å². The maximum atomic E-state index is 3.51. The third-order valence-electron chi connectivity index (χ3n) is 3.28. The lowest BCUT2D eigenvalue weighted by Gasteiger charge is -2.24. The standard InChI is InChI=1S/C14H14BBrN2/c1-9-17-13-8-11(16)4-7-14(13)18(9)12-5-2-10(15)3-6-12/h2-9,17H,15H2,1H3. The first-order valence-corrected chi connectivity index (χ1v) is 6.86. The minimum absolute atomic E-state index is 0.275. The van der Waals surface area contributed by atoms with Crippen LogP contribution < -0.4 is 15.7 Å². The normalized spacial score (nSPS) is 17.4. The van der Waals surface area contributed by atoms with E-state index in [0.717, 1.165) is 4.47 Å². The van der Waals surface area contributed by atoms with Gasteiger partial charge in [-0.3, -0.25) is 0 Å². The number of benzene rings is 2. The molecule has 0 radical (unpaired) electrons. The number of anilines is 3. The highest BCUT2D eigenvalue weighted by molar-refractivity contribution is 9.10. The lowest BCUT2D eigenvalue weighted by molar-refractivity contribution is 0.843. The number of rotatable bonds is 1. The van der Waals surface area contributed by atoms with Crippen molar-refractivity contribution in [1.82, 2.24) is 0 Å². The van der Waals surface area contributed by atoms with Gasteiger partial charge in [-0.05, 0) is 37.3 Å². The van der Waals surface area contributed by atoms with Gasteiger partial charge < -0.3 is 10.2 Å². The van der Waals surface area contributed by atoms with Crippen LogP contribution in [0, 0.1) is 0 Å². The van der Waals surface area contributed by atoms with E-state index in [9.17, 15) is 0 Å². The molecule has 3 rings (SSSR count). The summed E-state index contributed by atoms with van der Waals surface area (Å²) in [4.78, 5) is 2.32. The summed E-state index contributed by atoms with van der Waals surface area (Å²) >= 11 is 3.51. The third kappa shape index (κ3) is 1.91. The van der Waals surface area contributed by atoms with Gasteiger partial charge in [0.2, 0.25) is 0 Å². The average Bonchev–Trinajstić information content (AvgIpc) is 2.65. The Morgan fingerprint density at radius 3 is 2.61 bits per heavy atom. The number of hydrogen-bond donors (Lipinski definition) is 1. The highest BCUT2D eigenvalue weighted by Gasteiger charge is 2.26. The van der Waals surface area contributed by atoms with Crippen molar-refractivity contribution in [2.24, 2.45) is 0 Å². The van der Waals surface area contributed by atoms with Gasteiger partial charge in [-0.1, -0.05) is 33.5 Å². The first-order valence-electron chi connectivity index (χ1n) is 6.07. The maximum Gasteiger partial charge on any atom is 0.139 e. The van der Waals surface area contributed by atoms with E-state index in [1.54, 1.807) is 0 Å². The average molecular weight is 301 g/mol. The predicted octanol–water partition coefficient (Wildman–Crippen LogP) is 2.62. The van der Waals surface area contributed by atoms with E-state index < -0.39 is 0 Å². The third-order valence-corrected chi connectivity index (χ3v) is 3.78.